The molecule has 1 saturated carbocycles. The van der Waals surface area contributed by atoms with E-state index in [1.807, 2.05) is 30.3 Å². The van der Waals surface area contributed by atoms with Crippen LogP contribution in [0.2, 0.25) is 0 Å². The van der Waals surface area contributed by atoms with E-state index in [2.05, 4.69) is 15.0 Å². The fraction of sp³-hybridized carbons (Fsp3) is 0.526. The molecule has 1 aromatic heterocycles. The second kappa shape index (κ2) is 6.96. The summed E-state index contributed by atoms with van der Waals surface area (Å²) in [5, 5.41) is 13.6. The average molecular weight is 341 g/mol. The van der Waals surface area contributed by atoms with Crippen LogP contribution in [-0.2, 0) is 11.2 Å². The lowest BCUT2D eigenvalue weighted by Crippen LogP contribution is -2.43. The number of rotatable bonds is 5. The summed E-state index contributed by atoms with van der Waals surface area (Å²) in [7, 11) is 0. The number of fused-ring (bicyclic) bond motifs is 1. The monoisotopic (exact) mass is 341 g/mol. The average Bonchev–Trinajstić information content (AvgIpc) is 3.25. The molecule has 1 aromatic carbocycles. The molecule has 1 saturated heterocycles. The summed E-state index contributed by atoms with van der Waals surface area (Å²) in [6.45, 7) is 0.661. The minimum absolute atomic E-state index is 0.371. The van der Waals surface area contributed by atoms with Gasteiger partial charge in [-0.05, 0) is 25.2 Å². The van der Waals surface area contributed by atoms with E-state index in [0.717, 1.165) is 24.8 Å². The Bertz CT molecular complexity index is 731. The van der Waals surface area contributed by atoms with Crippen molar-refractivity contribution in [1.29, 1.82) is 0 Å². The van der Waals surface area contributed by atoms with Crippen molar-refractivity contribution in [3.05, 3.63) is 36.2 Å². The highest BCUT2D eigenvalue weighted by Gasteiger charge is 2.44. The van der Waals surface area contributed by atoms with Gasteiger partial charge in [0, 0.05) is 24.6 Å². The van der Waals surface area contributed by atoms with Crippen LogP contribution in [0.15, 0.2) is 34.9 Å². The van der Waals surface area contributed by atoms with E-state index in [4.69, 9.17) is 4.52 Å². The van der Waals surface area contributed by atoms with Crippen molar-refractivity contribution in [3.63, 3.8) is 0 Å². The Hall–Kier alpha value is -2.21. The zero-order chi connectivity index (χ0) is 17.2. The van der Waals surface area contributed by atoms with Gasteiger partial charge in [0.1, 0.15) is 6.04 Å². The van der Waals surface area contributed by atoms with Crippen molar-refractivity contribution in [2.24, 2.45) is 5.92 Å². The number of carbonyl (C=O) groups is 1. The van der Waals surface area contributed by atoms with E-state index in [1.54, 1.807) is 0 Å². The van der Waals surface area contributed by atoms with Crippen LogP contribution in [0, 0.1) is 5.92 Å². The van der Waals surface area contributed by atoms with E-state index in [1.165, 1.54) is 12.8 Å². The molecule has 3 unspecified atom stereocenters. The molecular formula is C19H23N3O3. The normalized spacial score (nSPS) is 26.5. The Kier molecular flexibility index (Phi) is 4.53. The first-order valence-corrected chi connectivity index (χ1v) is 9.09. The summed E-state index contributed by atoms with van der Waals surface area (Å²) in [6, 6.07) is 9.75. The molecular weight excluding hydrogens is 318 g/mol. The maximum atomic E-state index is 11.7. The molecule has 6 heteroatoms. The number of likely N-dealkylation sites (tertiary alicyclic amines) is 1. The van der Waals surface area contributed by atoms with Gasteiger partial charge in [-0.1, -0.05) is 48.3 Å². The Morgan fingerprint density at radius 3 is 2.84 bits per heavy atom. The number of hydrogen-bond acceptors (Lipinski definition) is 5. The number of hydrogen-bond donors (Lipinski definition) is 1. The predicted octanol–water partition coefficient (Wildman–Crippen LogP) is 3.00. The lowest BCUT2D eigenvalue weighted by atomic mass is 9.85. The van der Waals surface area contributed by atoms with Gasteiger partial charge < -0.3 is 9.63 Å². The minimum atomic E-state index is -0.704. The molecule has 2 fully saturated rings. The summed E-state index contributed by atoms with van der Waals surface area (Å²) in [5.74, 6) is 0.979. The number of carboxylic acid groups (broad SMARTS) is 1. The maximum Gasteiger partial charge on any atom is 0.320 e. The van der Waals surface area contributed by atoms with E-state index in [9.17, 15) is 9.90 Å². The topological polar surface area (TPSA) is 79.5 Å². The third-order valence-electron chi connectivity index (χ3n) is 5.59. The first-order valence-electron chi connectivity index (χ1n) is 9.09. The van der Waals surface area contributed by atoms with Crippen LogP contribution in [0.1, 0.15) is 38.0 Å². The summed E-state index contributed by atoms with van der Waals surface area (Å²) >= 11 is 0. The van der Waals surface area contributed by atoms with Crippen LogP contribution in [0.25, 0.3) is 11.4 Å². The quantitative estimate of drug-likeness (QED) is 0.900. The van der Waals surface area contributed by atoms with Gasteiger partial charge in [0.05, 0.1) is 0 Å². The summed E-state index contributed by atoms with van der Waals surface area (Å²) in [5.41, 5.74) is 0.925. The van der Waals surface area contributed by atoms with E-state index in [-0.39, 0.29) is 6.04 Å². The second-order valence-corrected chi connectivity index (χ2v) is 7.07. The summed E-state index contributed by atoms with van der Waals surface area (Å²) < 4.78 is 5.38. The molecule has 0 spiro atoms. The molecule has 2 heterocycles. The van der Waals surface area contributed by atoms with Gasteiger partial charge in [0.2, 0.25) is 11.7 Å². The molecule has 3 atom stereocenters. The molecule has 25 heavy (non-hydrogen) atoms. The molecule has 2 aromatic rings. The number of carboxylic acids is 1. The lowest BCUT2D eigenvalue weighted by Gasteiger charge is -2.32. The van der Waals surface area contributed by atoms with Crippen LogP contribution < -0.4 is 0 Å². The molecule has 0 amide bonds. The number of aromatic nitrogens is 2. The van der Waals surface area contributed by atoms with Gasteiger partial charge in [-0.2, -0.15) is 4.98 Å². The third-order valence-corrected chi connectivity index (χ3v) is 5.59. The molecule has 4 rings (SSSR count). The summed E-state index contributed by atoms with van der Waals surface area (Å²) in [4.78, 5) is 18.3. The van der Waals surface area contributed by atoms with Crippen LogP contribution in [0.4, 0.5) is 0 Å². The van der Waals surface area contributed by atoms with Crippen molar-refractivity contribution in [2.75, 3.05) is 6.54 Å². The van der Waals surface area contributed by atoms with Crippen molar-refractivity contribution in [3.8, 4) is 11.4 Å². The highest BCUT2D eigenvalue weighted by atomic mass is 16.5. The molecule has 6 nitrogen and oxygen atoms in total. The highest BCUT2D eigenvalue weighted by molar-refractivity contribution is 5.74. The van der Waals surface area contributed by atoms with E-state index < -0.39 is 5.97 Å². The van der Waals surface area contributed by atoms with Crippen LogP contribution in [0.3, 0.4) is 0 Å². The lowest BCUT2D eigenvalue weighted by molar-refractivity contribution is -0.142. The first kappa shape index (κ1) is 16.3. The number of benzene rings is 1. The van der Waals surface area contributed by atoms with Crippen molar-refractivity contribution in [1.82, 2.24) is 15.0 Å². The fourth-order valence-electron chi connectivity index (χ4n) is 4.40. The van der Waals surface area contributed by atoms with Crippen LogP contribution >= 0.6 is 0 Å². The zero-order valence-corrected chi connectivity index (χ0v) is 14.2. The largest absolute Gasteiger partial charge is 0.480 e. The fourth-order valence-corrected chi connectivity index (χ4v) is 4.40. The third kappa shape index (κ3) is 3.31. The first-order chi connectivity index (χ1) is 12.2. The maximum absolute atomic E-state index is 11.7. The van der Waals surface area contributed by atoms with Crippen LogP contribution in [-0.4, -0.2) is 44.7 Å². The molecule has 1 aliphatic carbocycles. The van der Waals surface area contributed by atoms with Gasteiger partial charge in [-0.3, -0.25) is 9.69 Å². The Balaban J connectivity index is 1.45. The van der Waals surface area contributed by atoms with Crippen molar-refractivity contribution >= 4 is 5.97 Å². The molecule has 132 valence electrons. The minimum Gasteiger partial charge on any atom is -0.480 e. The highest BCUT2D eigenvalue weighted by Crippen LogP contribution is 2.39. The molecule has 1 aliphatic heterocycles. The standard InChI is InChI=1S/C19H23N3O3/c23-19(24)16-12-14-8-4-5-9-15(14)22(16)11-10-17-20-18(21-25-17)13-6-2-1-3-7-13/h1-3,6-7,14-16H,4-5,8-12H2,(H,23,24). The Morgan fingerprint density at radius 1 is 1.24 bits per heavy atom. The van der Waals surface area contributed by atoms with Crippen LogP contribution in [0.5, 0.6) is 0 Å². The summed E-state index contributed by atoms with van der Waals surface area (Å²) in [6.07, 6.45) is 6.05. The Morgan fingerprint density at radius 2 is 2.04 bits per heavy atom. The van der Waals surface area contributed by atoms with Gasteiger partial charge in [0.15, 0.2) is 0 Å². The second-order valence-electron chi connectivity index (χ2n) is 7.07. The van der Waals surface area contributed by atoms with E-state index in [0.29, 0.717) is 36.6 Å². The molecule has 2 aliphatic rings. The smallest absolute Gasteiger partial charge is 0.320 e. The molecule has 1 N–H and O–H groups in total. The van der Waals surface area contributed by atoms with Crippen molar-refractivity contribution in [2.45, 2.75) is 50.6 Å². The van der Waals surface area contributed by atoms with Gasteiger partial charge in [0.25, 0.3) is 0 Å². The molecule has 0 radical (unpaired) electrons. The van der Waals surface area contributed by atoms with Crippen molar-refractivity contribution < 1.29 is 14.4 Å². The molecule has 0 bridgehead atoms. The zero-order valence-electron chi connectivity index (χ0n) is 14.2. The number of nitrogens with zero attached hydrogens (tertiary/aromatic N) is 3. The van der Waals surface area contributed by atoms with Gasteiger partial charge in [-0.15, -0.1) is 0 Å². The number of aliphatic carboxylic acids is 1. The Labute approximate surface area is 146 Å². The predicted molar refractivity (Wildman–Crippen MR) is 91.9 cm³/mol. The van der Waals surface area contributed by atoms with Gasteiger partial charge >= 0.3 is 5.97 Å². The SMILES string of the molecule is O=C(O)C1CC2CCCCC2N1CCc1nc(-c2ccccc2)no1. The van der Waals surface area contributed by atoms with E-state index >= 15 is 0 Å². The van der Waals surface area contributed by atoms with Gasteiger partial charge in [-0.25, -0.2) is 0 Å².